The Hall–Kier alpha value is -1.49. The van der Waals surface area contributed by atoms with Gasteiger partial charge in [0.1, 0.15) is 5.60 Å². The summed E-state index contributed by atoms with van der Waals surface area (Å²) in [5, 5.41) is 3.26. The third-order valence-corrected chi connectivity index (χ3v) is 8.29. The summed E-state index contributed by atoms with van der Waals surface area (Å²) in [5.74, 6) is -0.539. The number of rotatable bonds is 4. The molecule has 2 aliphatic rings. The number of benzene rings is 1. The van der Waals surface area contributed by atoms with Gasteiger partial charge in [-0.15, -0.1) is 0 Å². The number of fused-ring (bicyclic) bond motifs is 1. The first-order valence-electron chi connectivity index (χ1n) is 9.55. The zero-order valence-electron chi connectivity index (χ0n) is 17.2. The van der Waals surface area contributed by atoms with E-state index >= 15 is 0 Å². The number of carbonyl (C=O) groups excluding carboxylic acids is 2. The zero-order valence-corrected chi connectivity index (χ0v) is 20.4. The maximum Gasteiger partial charge on any atom is 0.407 e. The fraction of sp³-hybridized carbons (Fsp3) is 0.526. The lowest BCUT2D eigenvalue weighted by molar-refractivity contribution is -0.117. The van der Waals surface area contributed by atoms with Crippen molar-refractivity contribution >= 4 is 67.7 Å². The minimum atomic E-state index is -3.21. The minimum absolute atomic E-state index is 0.00564. The number of amidine groups is 1. The van der Waals surface area contributed by atoms with Gasteiger partial charge in [-0.25, -0.2) is 13.2 Å². The van der Waals surface area contributed by atoms with Gasteiger partial charge in [0, 0.05) is 18.2 Å². The molecule has 1 aromatic rings. The van der Waals surface area contributed by atoms with Gasteiger partial charge in [-0.2, -0.15) is 4.99 Å². The third-order valence-electron chi connectivity index (χ3n) is 4.47. The number of para-hydroxylation sites is 1. The molecule has 2 fully saturated rings. The van der Waals surface area contributed by atoms with E-state index in [0.717, 1.165) is 0 Å². The largest absolute Gasteiger partial charge is 0.444 e. The number of nitrogens with one attached hydrogen (secondary N) is 1. The number of halogens is 2. The fourth-order valence-corrected chi connectivity index (χ4v) is 7.79. The summed E-state index contributed by atoms with van der Waals surface area (Å²) < 4.78 is 29.4. The molecule has 0 spiro atoms. The number of anilines is 1. The molecule has 0 bridgehead atoms. The second-order valence-electron chi connectivity index (χ2n) is 8.21. The van der Waals surface area contributed by atoms with Crippen molar-refractivity contribution < 1.29 is 22.7 Å². The Morgan fingerprint density at radius 2 is 1.90 bits per heavy atom. The topological polar surface area (TPSA) is 105 Å². The number of hydrogen-bond donors (Lipinski definition) is 1. The highest BCUT2D eigenvalue weighted by molar-refractivity contribution is 8.16. The van der Waals surface area contributed by atoms with Crippen LogP contribution in [0, 0.1) is 0 Å². The first-order chi connectivity index (χ1) is 14.4. The summed E-state index contributed by atoms with van der Waals surface area (Å²) >= 11 is 13.9. The molecule has 0 aliphatic carbocycles. The molecule has 0 saturated carbocycles. The van der Waals surface area contributed by atoms with Crippen molar-refractivity contribution in [2.45, 2.75) is 44.1 Å². The molecular weight excluding hydrogens is 485 g/mol. The molecule has 0 radical (unpaired) electrons. The number of amides is 2. The van der Waals surface area contributed by atoms with Crippen LogP contribution in [0.2, 0.25) is 10.0 Å². The van der Waals surface area contributed by atoms with E-state index in [1.807, 2.05) is 0 Å². The lowest BCUT2D eigenvalue weighted by Gasteiger charge is -2.26. The van der Waals surface area contributed by atoms with Crippen molar-refractivity contribution in [2.24, 2.45) is 4.99 Å². The van der Waals surface area contributed by atoms with Crippen molar-refractivity contribution in [1.82, 2.24) is 5.32 Å². The normalized spacial score (nSPS) is 23.6. The molecule has 2 atom stereocenters. The lowest BCUT2D eigenvalue weighted by atomic mass is 10.2. The van der Waals surface area contributed by atoms with Crippen molar-refractivity contribution in [1.29, 1.82) is 0 Å². The van der Waals surface area contributed by atoms with E-state index in [1.54, 1.807) is 43.9 Å². The number of sulfone groups is 1. The Labute approximate surface area is 195 Å². The van der Waals surface area contributed by atoms with Crippen molar-refractivity contribution in [3.8, 4) is 0 Å². The van der Waals surface area contributed by atoms with Crippen molar-refractivity contribution in [3.05, 3.63) is 28.2 Å². The zero-order chi connectivity index (χ0) is 23.0. The van der Waals surface area contributed by atoms with Crippen LogP contribution in [-0.2, 0) is 19.4 Å². The second kappa shape index (κ2) is 9.17. The summed E-state index contributed by atoms with van der Waals surface area (Å²) in [4.78, 5) is 30.0. The summed E-state index contributed by atoms with van der Waals surface area (Å²) in [5.41, 5.74) is -0.205. The smallest absolute Gasteiger partial charge is 0.407 e. The molecule has 0 aromatic heterocycles. The van der Waals surface area contributed by atoms with Gasteiger partial charge in [0.25, 0.3) is 0 Å². The van der Waals surface area contributed by atoms with Gasteiger partial charge in [0.05, 0.1) is 33.3 Å². The molecule has 2 aliphatic heterocycles. The van der Waals surface area contributed by atoms with Gasteiger partial charge in [-0.3, -0.25) is 4.79 Å². The lowest BCUT2D eigenvalue weighted by Crippen LogP contribution is -2.38. The molecule has 2 heterocycles. The number of ether oxygens (including phenoxy) is 1. The van der Waals surface area contributed by atoms with Gasteiger partial charge in [0.2, 0.25) is 5.91 Å². The van der Waals surface area contributed by atoms with Crippen LogP contribution in [0.5, 0.6) is 0 Å². The molecule has 2 amide bonds. The van der Waals surface area contributed by atoms with Gasteiger partial charge in [-0.1, -0.05) is 41.0 Å². The van der Waals surface area contributed by atoms with Gasteiger partial charge < -0.3 is 15.0 Å². The Balaban J connectivity index is 1.77. The number of thioether (sulfide) groups is 1. The molecule has 3 rings (SSSR count). The Morgan fingerprint density at radius 1 is 1.26 bits per heavy atom. The maximum absolute atomic E-state index is 12.5. The van der Waals surface area contributed by atoms with Gasteiger partial charge in [-0.05, 0) is 32.9 Å². The molecule has 1 aromatic carbocycles. The summed E-state index contributed by atoms with van der Waals surface area (Å²) in [6.45, 7) is 5.29. The summed E-state index contributed by atoms with van der Waals surface area (Å²) in [6.07, 6.45) is -0.659. The predicted octanol–water partition coefficient (Wildman–Crippen LogP) is 3.51. The van der Waals surface area contributed by atoms with Crippen LogP contribution in [0.3, 0.4) is 0 Å². The molecule has 0 unspecified atom stereocenters. The van der Waals surface area contributed by atoms with E-state index in [-0.39, 0.29) is 29.7 Å². The molecule has 1 N–H and O–H groups in total. The predicted molar refractivity (Wildman–Crippen MR) is 124 cm³/mol. The van der Waals surface area contributed by atoms with Crippen molar-refractivity contribution in [3.63, 3.8) is 0 Å². The highest BCUT2D eigenvalue weighted by atomic mass is 35.5. The number of nitrogens with zero attached hydrogens (tertiary/aromatic N) is 2. The highest BCUT2D eigenvalue weighted by Crippen LogP contribution is 2.45. The second-order valence-corrected chi connectivity index (χ2v) is 12.4. The Kier molecular flexibility index (Phi) is 7.15. The van der Waals surface area contributed by atoms with E-state index in [4.69, 9.17) is 27.9 Å². The number of alkyl carbamates (subject to hydrolysis) is 1. The van der Waals surface area contributed by atoms with Gasteiger partial charge >= 0.3 is 6.09 Å². The average Bonchev–Trinajstić information content (AvgIpc) is 3.05. The van der Waals surface area contributed by atoms with E-state index in [2.05, 4.69) is 10.3 Å². The highest BCUT2D eigenvalue weighted by Gasteiger charge is 2.50. The van der Waals surface area contributed by atoms with Crippen LogP contribution < -0.4 is 10.2 Å². The molecular formula is C19H23Cl2N3O5S2. The minimum Gasteiger partial charge on any atom is -0.444 e. The van der Waals surface area contributed by atoms with Crippen LogP contribution in [-0.4, -0.2) is 60.5 Å². The monoisotopic (exact) mass is 507 g/mol. The standard InChI is InChI=1S/C19H23Cl2N3O5S2/c1-19(2,3)29-18(26)22-8-7-15(25)23-17-24(16-11(20)5-4-6-12(16)21)13-9-31(27,28)10-14(13)30-17/h4-6,13-14H,7-10H2,1-3H3,(H,22,26)/t13-,14+/m1/s1. The van der Waals surface area contributed by atoms with Crippen molar-refractivity contribution in [2.75, 3.05) is 23.0 Å². The molecule has 170 valence electrons. The van der Waals surface area contributed by atoms with Crippen LogP contribution in [0.25, 0.3) is 0 Å². The van der Waals surface area contributed by atoms with Crippen LogP contribution in [0.15, 0.2) is 23.2 Å². The molecule has 31 heavy (non-hydrogen) atoms. The van der Waals surface area contributed by atoms with Crippen LogP contribution >= 0.6 is 35.0 Å². The first-order valence-corrected chi connectivity index (χ1v) is 13.0. The van der Waals surface area contributed by atoms with E-state index in [9.17, 15) is 18.0 Å². The molecule has 2 saturated heterocycles. The Morgan fingerprint density at radius 3 is 2.52 bits per heavy atom. The van der Waals surface area contributed by atoms with Gasteiger partial charge in [0.15, 0.2) is 15.0 Å². The summed E-state index contributed by atoms with van der Waals surface area (Å²) in [6, 6.07) is 4.56. The Bertz CT molecular complexity index is 1000. The molecule has 12 heteroatoms. The maximum atomic E-state index is 12.5. The van der Waals surface area contributed by atoms with E-state index in [0.29, 0.717) is 20.9 Å². The number of aliphatic imine (C=N–C) groups is 1. The first kappa shape index (κ1) is 24.2. The van der Waals surface area contributed by atoms with E-state index < -0.39 is 33.5 Å². The SMILES string of the molecule is CC(C)(C)OC(=O)NCCC(=O)N=C1S[C@H]2CS(=O)(=O)C[C@H]2N1c1c(Cl)cccc1Cl. The van der Waals surface area contributed by atoms with E-state index in [1.165, 1.54) is 11.8 Å². The van der Waals surface area contributed by atoms with Crippen LogP contribution in [0.4, 0.5) is 10.5 Å². The molecule has 8 nitrogen and oxygen atoms in total. The summed E-state index contributed by atoms with van der Waals surface area (Å²) in [7, 11) is -3.21. The number of hydrogen-bond acceptors (Lipinski definition) is 6. The quantitative estimate of drug-likeness (QED) is 0.664. The fourth-order valence-electron chi connectivity index (χ4n) is 3.29. The average molecular weight is 508 g/mol. The van der Waals surface area contributed by atoms with Crippen LogP contribution in [0.1, 0.15) is 27.2 Å². The number of carbonyl (C=O) groups is 2. The third kappa shape index (κ3) is 6.06.